The molecule has 6 nitrogen and oxygen atoms in total. The summed E-state index contributed by atoms with van der Waals surface area (Å²) in [5, 5.41) is 4.16. The standard InChI is InChI=1S/C18H22F2N4O2/c1-18(2,3)26-17(25)23-7-11(8-23)9-24-10-12(6-22-24)15-13(19)4-5-14(21)16(15)20/h4-6,10-11H,7-9,21H2,1-3H3. The minimum Gasteiger partial charge on any atom is -0.444 e. The highest BCUT2D eigenvalue weighted by Gasteiger charge is 2.34. The molecule has 3 rings (SSSR count). The van der Waals surface area contributed by atoms with Crippen molar-refractivity contribution >= 4 is 11.8 Å². The first kappa shape index (κ1) is 18.2. The van der Waals surface area contributed by atoms with Gasteiger partial charge >= 0.3 is 6.09 Å². The molecule has 0 saturated carbocycles. The van der Waals surface area contributed by atoms with Crippen molar-refractivity contribution in [1.29, 1.82) is 0 Å². The molecule has 1 aromatic heterocycles. The Bertz CT molecular complexity index is 823. The maximum Gasteiger partial charge on any atom is 0.410 e. The molecule has 1 saturated heterocycles. The summed E-state index contributed by atoms with van der Waals surface area (Å²) in [5.74, 6) is -1.26. The van der Waals surface area contributed by atoms with Crippen molar-refractivity contribution in [1.82, 2.24) is 14.7 Å². The number of likely N-dealkylation sites (tertiary alicyclic amines) is 1. The summed E-state index contributed by atoms with van der Waals surface area (Å²) in [6.07, 6.45) is 2.65. The van der Waals surface area contributed by atoms with Gasteiger partial charge in [0.25, 0.3) is 0 Å². The van der Waals surface area contributed by atoms with Gasteiger partial charge in [-0.05, 0) is 32.9 Å². The van der Waals surface area contributed by atoms with Crippen LogP contribution in [-0.2, 0) is 11.3 Å². The minimum atomic E-state index is -0.788. The van der Waals surface area contributed by atoms with Crippen molar-refractivity contribution in [3.63, 3.8) is 0 Å². The van der Waals surface area contributed by atoms with Gasteiger partial charge in [0.1, 0.15) is 11.4 Å². The molecular formula is C18H22F2N4O2. The van der Waals surface area contributed by atoms with Crippen LogP contribution in [0.2, 0.25) is 0 Å². The van der Waals surface area contributed by atoms with Crippen LogP contribution in [0.5, 0.6) is 0 Å². The SMILES string of the molecule is CC(C)(C)OC(=O)N1CC(Cn2cc(-c3c(F)ccc(N)c3F)cn2)C1. The average molecular weight is 364 g/mol. The van der Waals surface area contributed by atoms with Gasteiger partial charge < -0.3 is 15.4 Å². The third-order valence-electron chi connectivity index (χ3n) is 4.10. The van der Waals surface area contributed by atoms with E-state index >= 15 is 0 Å². The first-order valence-electron chi connectivity index (χ1n) is 8.38. The van der Waals surface area contributed by atoms with Crippen LogP contribution in [-0.4, -0.2) is 39.5 Å². The fourth-order valence-corrected chi connectivity index (χ4v) is 2.85. The molecular weight excluding hydrogens is 342 g/mol. The van der Waals surface area contributed by atoms with Gasteiger partial charge in [-0.2, -0.15) is 5.10 Å². The number of anilines is 1. The molecule has 2 N–H and O–H groups in total. The minimum absolute atomic E-state index is 0.110. The summed E-state index contributed by atoms with van der Waals surface area (Å²) in [4.78, 5) is 13.5. The molecule has 1 amide bonds. The van der Waals surface area contributed by atoms with Crippen molar-refractivity contribution in [3.8, 4) is 11.1 Å². The number of nitrogens with two attached hydrogens (primary N) is 1. The van der Waals surface area contributed by atoms with Gasteiger partial charge in [-0.15, -0.1) is 0 Å². The number of nitrogen functional groups attached to an aromatic ring is 1. The van der Waals surface area contributed by atoms with E-state index in [4.69, 9.17) is 10.5 Å². The smallest absolute Gasteiger partial charge is 0.410 e. The van der Waals surface area contributed by atoms with Crippen molar-refractivity contribution in [3.05, 3.63) is 36.2 Å². The van der Waals surface area contributed by atoms with Crippen LogP contribution in [0.25, 0.3) is 11.1 Å². The van der Waals surface area contributed by atoms with Gasteiger partial charge in [-0.1, -0.05) is 0 Å². The predicted molar refractivity (Wildman–Crippen MR) is 93.3 cm³/mol. The summed E-state index contributed by atoms with van der Waals surface area (Å²) in [7, 11) is 0. The van der Waals surface area contributed by atoms with Crippen molar-refractivity contribution in [2.45, 2.75) is 32.9 Å². The lowest BCUT2D eigenvalue weighted by Crippen LogP contribution is -2.52. The molecule has 1 aromatic carbocycles. The first-order chi connectivity index (χ1) is 12.1. The van der Waals surface area contributed by atoms with E-state index in [1.807, 2.05) is 20.8 Å². The molecule has 1 fully saturated rings. The highest BCUT2D eigenvalue weighted by Crippen LogP contribution is 2.29. The van der Waals surface area contributed by atoms with Crippen LogP contribution < -0.4 is 5.73 Å². The molecule has 0 bridgehead atoms. The number of amides is 1. The molecule has 0 atom stereocenters. The Morgan fingerprint density at radius 1 is 1.35 bits per heavy atom. The lowest BCUT2D eigenvalue weighted by Gasteiger charge is -2.39. The van der Waals surface area contributed by atoms with E-state index in [1.165, 1.54) is 12.3 Å². The number of rotatable bonds is 3. The largest absolute Gasteiger partial charge is 0.444 e. The maximum atomic E-state index is 14.1. The van der Waals surface area contributed by atoms with Crippen LogP contribution >= 0.6 is 0 Å². The van der Waals surface area contributed by atoms with Gasteiger partial charge in [-0.3, -0.25) is 4.68 Å². The molecule has 1 aliphatic rings. The number of benzene rings is 1. The van der Waals surface area contributed by atoms with Gasteiger partial charge in [0, 0.05) is 37.3 Å². The number of halogens is 2. The molecule has 2 heterocycles. The van der Waals surface area contributed by atoms with E-state index < -0.39 is 17.2 Å². The lowest BCUT2D eigenvalue weighted by molar-refractivity contribution is -0.00383. The predicted octanol–water partition coefficient (Wildman–Crippen LogP) is 3.28. The normalized spacial score (nSPS) is 15.0. The second-order valence-electron chi connectivity index (χ2n) is 7.53. The molecule has 0 unspecified atom stereocenters. The van der Waals surface area contributed by atoms with E-state index in [0.717, 1.165) is 6.07 Å². The number of hydrogen-bond donors (Lipinski definition) is 1. The zero-order valence-electron chi connectivity index (χ0n) is 15.0. The topological polar surface area (TPSA) is 73.4 Å². The molecule has 26 heavy (non-hydrogen) atoms. The average Bonchev–Trinajstić information content (AvgIpc) is 2.93. The molecule has 0 aliphatic carbocycles. The van der Waals surface area contributed by atoms with E-state index in [1.54, 1.807) is 15.8 Å². The number of nitrogens with zero attached hydrogens (tertiary/aromatic N) is 3. The molecule has 0 spiro atoms. The zero-order valence-corrected chi connectivity index (χ0v) is 15.0. The molecule has 1 aliphatic heterocycles. The molecule has 140 valence electrons. The number of ether oxygens (including phenoxy) is 1. The Morgan fingerprint density at radius 3 is 2.69 bits per heavy atom. The second kappa shape index (κ2) is 6.59. The summed E-state index contributed by atoms with van der Waals surface area (Å²) >= 11 is 0. The Morgan fingerprint density at radius 2 is 2.04 bits per heavy atom. The van der Waals surface area contributed by atoms with E-state index in [2.05, 4.69) is 5.10 Å². The van der Waals surface area contributed by atoms with Gasteiger partial charge in [-0.25, -0.2) is 13.6 Å². The Labute approximate surface area is 150 Å². The number of hydrogen-bond acceptors (Lipinski definition) is 4. The third kappa shape index (κ3) is 3.79. The maximum absolute atomic E-state index is 14.1. The van der Waals surface area contributed by atoms with Gasteiger partial charge in [0.05, 0.1) is 17.4 Å². The van der Waals surface area contributed by atoms with Crippen LogP contribution in [0, 0.1) is 17.6 Å². The lowest BCUT2D eigenvalue weighted by atomic mass is 10.0. The van der Waals surface area contributed by atoms with E-state index in [9.17, 15) is 13.6 Å². The van der Waals surface area contributed by atoms with Crippen LogP contribution in [0.4, 0.5) is 19.3 Å². The number of carbonyl (C=O) groups excluding carboxylic acids is 1. The summed E-state index contributed by atoms with van der Waals surface area (Å²) < 4.78 is 35.0. The highest BCUT2D eigenvalue weighted by molar-refractivity contribution is 5.69. The molecule has 2 aromatic rings. The quantitative estimate of drug-likeness (QED) is 0.849. The fraction of sp³-hybridized carbons (Fsp3) is 0.444. The Hall–Kier alpha value is -2.64. The summed E-state index contributed by atoms with van der Waals surface area (Å²) in [6.45, 7) is 7.13. The monoisotopic (exact) mass is 364 g/mol. The molecule has 8 heteroatoms. The summed E-state index contributed by atoms with van der Waals surface area (Å²) in [6, 6.07) is 2.33. The van der Waals surface area contributed by atoms with Crippen LogP contribution in [0.3, 0.4) is 0 Å². The number of aromatic nitrogens is 2. The zero-order chi connectivity index (χ0) is 19.1. The Balaban J connectivity index is 1.61. The fourth-order valence-electron chi connectivity index (χ4n) is 2.85. The highest BCUT2D eigenvalue weighted by atomic mass is 19.1. The summed E-state index contributed by atoms with van der Waals surface area (Å²) in [5.41, 5.74) is 5.03. The van der Waals surface area contributed by atoms with Gasteiger partial charge in [0.15, 0.2) is 5.82 Å². The molecule has 0 radical (unpaired) electrons. The Kier molecular flexibility index (Phi) is 4.60. The van der Waals surface area contributed by atoms with Gasteiger partial charge in [0.2, 0.25) is 0 Å². The second-order valence-corrected chi connectivity index (χ2v) is 7.53. The third-order valence-corrected chi connectivity index (χ3v) is 4.10. The first-order valence-corrected chi connectivity index (χ1v) is 8.38. The van der Waals surface area contributed by atoms with Crippen LogP contribution in [0.15, 0.2) is 24.5 Å². The number of carbonyl (C=O) groups is 1. The van der Waals surface area contributed by atoms with E-state index in [-0.39, 0.29) is 23.3 Å². The van der Waals surface area contributed by atoms with Crippen LogP contribution in [0.1, 0.15) is 20.8 Å². The van der Waals surface area contributed by atoms with E-state index in [0.29, 0.717) is 25.2 Å². The van der Waals surface area contributed by atoms with Crippen molar-refractivity contribution in [2.75, 3.05) is 18.8 Å². The van der Waals surface area contributed by atoms with Crippen molar-refractivity contribution in [2.24, 2.45) is 5.92 Å². The van der Waals surface area contributed by atoms with Crippen molar-refractivity contribution < 1.29 is 18.3 Å².